The first-order valence-electron chi connectivity index (χ1n) is 28.3. The maximum Gasteiger partial charge on any atom is 0.269 e. The molecule has 0 N–H and O–H groups in total. The summed E-state index contributed by atoms with van der Waals surface area (Å²) >= 11 is 0. The van der Waals surface area contributed by atoms with E-state index in [9.17, 15) is 0 Å². The minimum Gasteiger partial charge on any atom is -0.458 e. The molecular formula is C73H80N4O. The molecule has 0 saturated heterocycles. The molecule has 0 radical (unpaired) electrons. The Morgan fingerprint density at radius 3 is 1.68 bits per heavy atom. The number of fused-ring (bicyclic) bond motifs is 3. The smallest absolute Gasteiger partial charge is 0.269 e. The number of rotatable bonds is 13. The van der Waals surface area contributed by atoms with Crippen LogP contribution in [-0.4, -0.2) is 14.1 Å². The molecule has 78 heavy (non-hydrogen) atoms. The average molecular weight is 1030 g/mol. The zero-order valence-electron chi connectivity index (χ0n) is 49.2. The van der Waals surface area contributed by atoms with Gasteiger partial charge in [0.1, 0.15) is 17.3 Å². The molecule has 0 aliphatic carbocycles. The lowest BCUT2D eigenvalue weighted by molar-refractivity contribution is -0.599. The second-order valence-corrected chi connectivity index (χ2v) is 25.9. The van der Waals surface area contributed by atoms with Gasteiger partial charge in [0.25, 0.3) is 6.33 Å². The Morgan fingerprint density at radius 1 is 0.487 bits per heavy atom. The molecule has 10 rings (SSSR count). The summed E-state index contributed by atoms with van der Waals surface area (Å²) in [6.07, 6.45) is 8.10. The van der Waals surface area contributed by atoms with Crippen LogP contribution in [0, 0.1) is 6.33 Å². The quantitative estimate of drug-likeness (QED) is 0.0852. The molecule has 3 aromatic heterocycles. The number of nitrogens with zero attached hydrogens (tertiary/aromatic N) is 4. The van der Waals surface area contributed by atoms with Crippen LogP contribution >= 0.6 is 0 Å². The van der Waals surface area contributed by atoms with Gasteiger partial charge in [-0.2, -0.15) is 0 Å². The fourth-order valence-electron chi connectivity index (χ4n) is 11.3. The normalized spacial score (nSPS) is 12.7. The van der Waals surface area contributed by atoms with Crippen molar-refractivity contribution in [2.45, 2.75) is 150 Å². The lowest BCUT2D eigenvalue weighted by Crippen LogP contribution is -2.30. The van der Waals surface area contributed by atoms with Crippen molar-refractivity contribution >= 4 is 21.8 Å². The number of hydrogen-bond donors (Lipinski definition) is 0. The first-order chi connectivity index (χ1) is 36.9. The van der Waals surface area contributed by atoms with Gasteiger partial charge < -0.3 is 4.74 Å². The highest BCUT2D eigenvalue weighted by Crippen LogP contribution is 2.43. The van der Waals surface area contributed by atoms with Gasteiger partial charge in [0.05, 0.1) is 28.1 Å². The summed E-state index contributed by atoms with van der Waals surface area (Å²) in [5, 5.41) is 2.31. The van der Waals surface area contributed by atoms with E-state index >= 15 is 0 Å². The highest BCUT2D eigenvalue weighted by Gasteiger charge is 2.31. The minimum absolute atomic E-state index is 0.0355. The standard InChI is InChI=1S/C73H80N4O/c1-47(2)51-36-62(48(3)4)69(63(37-51)49(5)6)50-34-35-74-68(38-50)77-65-33-30-54(72(13,14)52-24-19-17-20-25-52)42-64(65)61-32-31-60(44-66(61)77)78-59-29-23-28-57(43-59)76-46-75(45-67(76)73(15,16)53-26-21-18-22-27-53)58-40-55(70(7,8)9)39-56(41-58)71(10,11)12/h17-45,47-49H,1-16H3. The number of aromatic nitrogens is 4. The van der Waals surface area contributed by atoms with Crippen LogP contribution < -0.4 is 9.30 Å². The Hall–Kier alpha value is -7.50. The lowest BCUT2D eigenvalue weighted by Gasteiger charge is -2.27. The Morgan fingerprint density at radius 2 is 1.09 bits per heavy atom. The highest BCUT2D eigenvalue weighted by molar-refractivity contribution is 6.10. The van der Waals surface area contributed by atoms with Gasteiger partial charge in [-0.3, -0.25) is 13.7 Å². The van der Waals surface area contributed by atoms with E-state index in [-0.39, 0.29) is 21.7 Å². The molecule has 0 spiro atoms. The molecule has 7 aromatic carbocycles. The zero-order chi connectivity index (χ0) is 55.6. The van der Waals surface area contributed by atoms with Crippen molar-refractivity contribution in [1.82, 2.24) is 14.1 Å². The topological polar surface area (TPSA) is 35.9 Å². The lowest BCUT2D eigenvalue weighted by atomic mass is 9.78. The van der Waals surface area contributed by atoms with Crippen LogP contribution in [0.4, 0.5) is 0 Å². The zero-order valence-corrected chi connectivity index (χ0v) is 49.2. The summed E-state index contributed by atoms with van der Waals surface area (Å²) in [6, 6.07) is 60.0. The molecule has 3 heterocycles. The van der Waals surface area contributed by atoms with Gasteiger partial charge in [-0.1, -0.05) is 202 Å². The predicted molar refractivity (Wildman–Crippen MR) is 327 cm³/mol. The molecule has 398 valence electrons. The molecule has 10 aromatic rings. The molecule has 0 unspecified atom stereocenters. The van der Waals surface area contributed by atoms with E-state index < -0.39 is 0 Å². The van der Waals surface area contributed by atoms with Crippen LogP contribution in [0.2, 0.25) is 0 Å². The molecule has 0 bridgehead atoms. The predicted octanol–water partition coefficient (Wildman–Crippen LogP) is 19.1. The molecule has 0 aliphatic rings. The van der Waals surface area contributed by atoms with E-state index in [0.717, 1.165) is 50.8 Å². The Bertz CT molecular complexity index is 3750. The Labute approximate surface area is 465 Å². The van der Waals surface area contributed by atoms with Crippen molar-refractivity contribution in [2.75, 3.05) is 0 Å². The van der Waals surface area contributed by atoms with Crippen LogP contribution in [0.5, 0.6) is 11.5 Å². The second-order valence-electron chi connectivity index (χ2n) is 25.9. The van der Waals surface area contributed by atoms with E-state index in [1.54, 1.807) is 0 Å². The van der Waals surface area contributed by atoms with Gasteiger partial charge in [0.2, 0.25) is 0 Å². The van der Waals surface area contributed by atoms with Gasteiger partial charge in [-0.25, -0.2) is 4.98 Å². The van der Waals surface area contributed by atoms with E-state index in [1.165, 1.54) is 61.0 Å². The van der Waals surface area contributed by atoms with Gasteiger partial charge in [-0.05, 0) is 151 Å². The van der Waals surface area contributed by atoms with Crippen LogP contribution in [-0.2, 0) is 21.7 Å². The van der Waals surface area contributed by atoms with E-state index in [1.807, 2.05) is 6.20 Å². The van der Waals surface area contributed by atoms with Gasteiger partial charge in [-0.15, -0.1) is 0 Å². The van der Waals surface area contributed by atoms with Crippen molar-refractivity contribution in [3.8, 4) is 39.8 Å². The maximum absolute atomic E-state index is 7.02. The van der Waals surface area contributed by atoms with Crippen molar-refractivity contribution in [3.63, 3.8) is 0 Å². The molecule has 0 aliphatic heterocycles. The third kappa shape index (κ3) is 10.2. The van der Waals surface area contributed by atoms with Crippen LogP contribution in [0.25, 0.3) is 50.1 Å². The average Bonchev–Trinajstić information content (AvgIpc) is 4.21. The third-order valence-electron chi connectivity index (χ3n) is 16.4. The molecule has 5 nitrogen and oxygen atoms in total. The van der Waals surface area contributed by atoms with Crippen LogP contribution in [0.3, 0.4) is 0 Å². The summed E-state index contributed by atoms with van der Waals surface area (Å²) < 4.78 is 13.8. The Balaban J connectivity index is 1.12. The fourth-order valence-corrected chi connectivity index (χ4v) is 11.3. The van der Waals surface area contributed by atoms with Crippen molar-refractivity contribution in [3.05, 3.63) is 233 Å². The number of pyridine rings is 1. The number of benzene rings is 7. The third-order valence-corrected chi connectivity index (χ3v) is 16.4. The first-order valence-corrected chi connectivity index (χ1v) is 28.3. The van der Waals surface area contributed by atoms with Crippen LogP contribution in [0.1, 0.15) is 179 Å². The fraction of sp³-hybridized carbons (Fsp3) is 0.315. The summed E-state index contributed by atoms with van der Waals surface area (Å²) in [6.45, 7) is 36.9. The SMILES string of the molecule is CC(C)c1cc(C(C)C)c(-c2ccnc(-n3c4ccc(C(C)(C)c5ccccc5)cc4c4ccc(Oc5cccc(-n6[c-][n+](-c7cc(C(C)(C)C)cc(C(C)(C)C)c7)cc6C(C)(C)c6ccccc6)c5)cc43)c2)c(C(C)C)c1. The van der Waals surface area contributed by atoms with Crippen molar-refractivity contribution in [2.24, 2.45) is 0 Å². The summed E-state index contributed by atoms with van der Waals surface area (Å²) in [7, 11) is 0. The number of hydrogen-bond acceptors (Lipinski definition) is 2. The molecule has 0 fully saturated rings. The second kappa shape index (κ2) is 20.4. The van der Waals surface area contributed by atoms with Gasteiger partial charge >= 0.3 is 0 Å². The largest absolute Gasteiger partial charge is 0.458 e. The monoisotopic (exact) mass is 1030 g/mol. The van der Waals surface area contributed by atoms with E-state index in [2.05, 4.69) is 301 Å². The minimum atomic E-state index is -0.376. The maximum atomic E-state index is 7.02. The van der Waals surface area contributed by atoms with Crippen LogP contribution in [0.15, 0.2) is 176 Å². The number of ether oxygens (including phenoxy) is 1. The summed E-state index contributed by atoms with van der Waals surface area (Å²) in [4.78, 5) is 5.20. The highest BCUT2D eigenvalue weighted by atomic mass is 16.5. The van der Waals surface area contributed by atoms with E-state index in [4.69, 9.17) is 9.72 Å². The first kappa shape index (κ1) is 53.9. The summed E-state index contributed by atoms with van der Waals surface area (Å²) in [5.74, 6) is 3.46. The van der Waals surface area contributed by atoms with Crippen molar-refractivity contribution < 1.29 is 9.30 Å². The number of imidazole rings is 1. The molecule has 0 saturated carbocycles. The molecule has 0 amide bonds. The van der Waals surface area contributed by atoms with E-state index in [0.29, 0.717) is 17.8 Å². The molecule has 5 heteroatoms. The van der Waals surface area contributed by atoms with Gasteiger partial charge in [0, 0.05) is 40.1 Å². The molecule has 0 atom stereocenters. The summed E-state index contributed by atoms with van der Waals surface area (Å²) in [5.41, 5.74) is 17.6. The van der Waals surface area contributed by atoms with Gasteiger partial charge in [0.15, 0.2) is 0 Å². The molecular weight excluding hydrogens is 949 g/mol. The van der Waals surface area contributed by atoms with Crippen molar-refractivity contribution in [1.29, 1.82) is 0 Å². The Kier molecular flexibility index (Phi) is 14.1.